The predicted octanol–water partition coefficient (Wildman–Crippen LogP) is 2.73. The van der Waals surface area contributed by atoms with Crippen LogP contribution in [0.1, 0.15) is 27.6 Å². The van der Waals surface area contributed by atoms with Crippen molar-refractivity contribution in [3.05, 3.63) is 99.6 Å². The van der Waals surface area contributed by atoms with Gasteiger partial charge in [0.15, 0.2) is 0 Å². The summed E-state index contributed by atoms with van der Waals surface area (Å²) in [7, 11) is 0. The molecule has 5 rings (SSSR count). The average molecular weight is 518 g/mol. The summed E-state index contributed by atoms with van der Waals surface area (Å²) in [5.74, 6) is -0.817. The number of carbonyl (C=O) groups is 3. The first-order valence-electron chi connectivity index (χ1n) is 11.7. The van der Waals surface area contributed by atoms with Gasteiger partial charge in [0.25, 0.3) is 17.4 Å². The van der Waals surface area contributed by atoms with E-state index in [1.165, 1.54) is 17.6 Å². The minimum atomic E-state index is -0.489. The van der Waals surface area contributed by atoms with Crippen molar-refractivity contribution in [2.24, 2.45) is 0 Å². The lowest BCUT2D eigenvalue weighted by Crippen LogP contribution is -2.51. The molecule has 2 aromatic heterocycles. The minimum absolute atomic E-state index is 0.144. The zero-order valence-electron chi connectivity index (χ0n) is 19.9. The maximum atomic E-state index is 13.0. The molecule has 0 saturated carbocycles. The van der Waals surface area contributed by atoms with Crippen LogP contribution in [0.4, 0.5) is 0 Å². The first-order chi connectivity index (χ1) is 17.8. The van der Waals surface area contributed by atoms with Crippen LogP contribution in [-0.2, 0) is 4.79 Å². The van der Waals surface area contributed by atoms with Crippen LogP contribution in [0.2, 0.25) is 5.02 Å². The van der Waals surface area contributed by atoms with E-state index < -0.39 is 12.1 Å². The van der Waals surface area contributed by atoms with Gasteiger partial charge in [0.2, 0.25) is 5.91 Å². The van der Waals surface area contributed by atoms with E-state index in [1.54, 1.807) is 71.9 Å². The number of nitrogens with zero attached hydrogens (tertiary/aromatic N) is 2. The van der Waals surface area contributed by atoms with Crippen molar-refractivity contribution in [3.63, 3.8) is 0 Å². The molecule has 10 heteroatoms. The lowest BCUT2D eigenvalue weighted by Gasteiger charge is -2.21. The van der Waals surface area contributed by atoms with E-state index in [4.69, 9.17) is 11.6 Å². The summed E-state index contributed by atoms with van der Waals surface area (Å²) in [4.78, 5) is 54.8. The molecule has 37 heavy (non-hydrogen) atoms. The van der Waals surface area contributed by atoms with Gasteiger partial charge in [-0.25, -0.2) is 0 Å². The van der Waals surface area contributed by atoms with Crippen molar-refractivity contribution in [1.29, 1.82) is 0 Å². The van der Waals surface area contributed by atoms with E-state index in [-0.39, 0.29) is 36.4 Å². The van der Waals surface area contributed by atoms with Gasteiger partial charge in [0, 0.05) is 66.2 Å². The van der Waals surface area contributed by atoms with E-state index in [2.05, 4.69) is 15.6 Å². The van der Waals surface area contributed by atoms with Crippen molar-refractivity contribution in [2.75, 3.05) is 13.1 Å². The number of carbonyl (C=O) groups excluding carboxylic acids is 3. The van der Waals surface area contributed by atoms with Crippen LogP contribution in [0.5, 0.6) is 0 Å². The van der Waals surface area contributed by atoms with Gasteiger partial charge in [-0.05, 0) is 48.5 Å². The number of halogens is 1. The molecule has 0 spiro atoms. The SMILES string of the molecule is CC(=O)N1C[C@H](NC(=O)c2ccc(-n3ccccc3=O)cc2)[C@H](NC(=O)c2ccc3[nH]cc(Cl)c3c2)C1. The number of hydrogen-bond acceptors (Lipinski definition) is 4. The highest BCUT2D eigenvalue weighted by molar-refractivity contribution is 6.35. The molecule has 0 bridgehead atoms. The summed E-state index contributed by atoms with van der Waals surface area (Å²) in [6, 6.07) is 15.7. The number of hydrogen-bond donors (Lipinski definition) is 3. The number of likely N-dealkylation sites (tertiary alicyclic amines) is 1. The third kappa shape index (κ3) is 4.99. The second-order valence-electron chi connectivity index (χ2n) is 8.94. The number of rotatable bonds is 5. The fourth-order valence-electron chi connectivity index (χ4n) is 4.50. The van der Waals surface area contributed by atoms with Gasteiger partial charge >= 0.3 is 0 Å². The second kappa shape index (κ2) is 9.94. The number of H-pyrrole nitrogens is 1. The van der Waals surface area contributed by atoms with Gasteiger partial charge in [-0.3, -0.25) is 23.7 Å². The maximum absolute atomic E-state index is 13.0. The number of pyridine rings is 1. The number of aromatic amines is 1. The van der Waals surface area contributed by atoms with Crippen LogP contribution in [0.15, 0.2) is 77.9 Å². The Kier molecular flexibility index (Phi) is 6.54. The van der Waals surface area contributed by atoms with Gasteiger partial charge < -0.3 is 20.5 Å². The second-order valence-corrected chi connectivity index (χ2v) is 9.34. The highest BCUT2D eigenvalue weighted by atomic mass is 35.5. The Bertz CT molecular complexity index is 1560. The molecule has 188 valence electrons. The van der Waals surface area contributed by atoms with E-state index >= 15 is 0 Å². The first kappa shape index (κ1) is 24.3. The van der Waals surface area contributed by atoms with Gasteiger partial charge in [0.1, 0.15) is 0 Å². The minimum Gasteiger partial charge on any atom is -0.360 e. The van der Waals surface area contributed by atoms with Gasteiger partial charge in [-0.2, -0.15) is 0 Å². The standard InChI is InChI=1S/C27H24ClN5O4/c1-16(34)32-14-23(24(15-32)31-27(37)18-7-10-22-20(12-18)21(28)13-29-22)30-26(36)17-5-8-19(9-6-17)33-11-3-2-4-25(33)35/h2-13,23-24,29H,14-15H2,1H3,(H,30,36)(H,31,37)/t23-,24+/m0/s1. The molecule has 1 aliphatic rings. The fourth-order valence-corrected chi connectivity index (χ4v) is 4.71. The summed E-state index contributed by atoms with van der Waals surface area (Å²) in [6.07, 6.45) is 3.31. The number of amides is 3. The summed E-state index contributed by atoms with van der Waals surface area (Å²) in [5.41, 5.74) is 2.10. The number of aromatic nitrogens is 2. The Hall–Kier alpha value is -4.37. The summed E-state index contributed by atoms with van der Waals surface area (Å²) in [5, 5.41) is 7.16. The Labute approximate surface area is 217 Å². The van der Waals surface area contributed by atoms with Crippen LogP contribution in [0, 0.1) is 0 Å². The first-order valence-corrected chi connectivity index (χ1v) is 12.1. The van der Waals surface area contributed by atoms with Gasteiger partial charge in [0.05, 0.1) is 17.1 Å². The van der Waals surface area contributed by atoms with E-state index in [0.29, 0.717) is 21.8 Å². The summed E-state index contributed by atoms with van der Waals surface area (Å²) in [6.45, 7) is 2.00. The molecular formula is C27H24ClN5O4. The van der Waals surface area contributed by atoms with Crippen LogP contribution in [-0.4, -0.2) is 57.3 Å². The smallest absolute Gasteiger partial charge is 0.255 e. The Morgan fingerprint density at radius 1 is 0.919 bits per heavy atom. The van der Waals surface area contributed by atoms with Crippen LogP contribution < -0.4 is 16.2 Å². The molecule has 1 fully saturated rings. The normalized spacial score (nSPS) is 17.1. The average Bonchev–Trinajstić information content (AvgIpc) is 3.47. The van der Waals surface area contributed by atoms with Crippen molar-refractivity contribution in [1.82, 2.24) is 25.1 Å². The monoisotopic (exact) mass is 517 g/mol. The van der Waals surface area contributed by atoms with Crippen molar-refractivity contribution in [2.45, 2.75) is 19.0 Å². The largest absolute Gasteiger partial charge is 0.360 e. The van der Waals surface area contributed by atoms with Crippen LogP contribution >= 0.6 is 11.6 Å². The van der Waals surface area contributed by atoms with E-state index in [1.807, 2.05) is 0 Å². The molecule has 9 nitrogen and oxygen atoms in total. The van der Waals surface area contributed by atoms with E-state index in [0.717, 1.165) is 10.9 Å². The van der Waals surface area contributed by atoms with Crippen LogP contribution in [0.3, 0.4) is 0 Å². The fraction of sp³-hybridized carbons (Fsp3) is 0.185. The number of benzene rings is 2. The molecule has 4 aromatic rings. The van der Waals surface area contributed by atoms with Crippen molar-refractivity contribution in [3.8, 4) is 5.69 Å². The van der Waals surface area contributed by atoms with Crippen molar-refractivity contribution < 1.29 is 14.4 Å². The maximum Gasteiger partial charge on any atom is 0.255 e. The van der Waals surface area contributed by atoms with E-state index in [9.17, 15) is 19.2 Å². The van der Waals surface area contributed by atoms with Gasteiger partial charge in [-0.1, -0.05) is 17.7 Å². The molecule has 2 atom stereocenters. The Balaban J connectivity index is 1.31. The van der Waals surface area contributed by atoms with Crippen LogP contribution in [0.25, 0.3) is 16.6 Å². The zero-order chi connectivity index (χ0) is 26.1. The molecule has 3 heterocycles. The Morgan fingerprint density at radius 2 is 1.57 bits per heavy atom. The molecule has 3 amide bonds. The molecule has 0 unspecified atom stereocenters. The molecule has 2 aromatic carbocycles. The lowest BCUT2D eigenvalue weighted by molar-refractivity contribution is -0.127. The molecule has 0 radical (unpaired) electrons. The number of nitrogens with one attached hydrogen (secondary N) is 3. The summed E-state index contributed by atoms with van der Waals surface area (Å²) < 4.78 is 1.48. The molecule has 1 aliphatic heterocycles. The topological polar surface area (TPSA) is 116 Å². The molecular weight excluding hydrogens is 494 g/mol. The predicted molar refractivity (Wildman–Crippen MR) is 140 cm³/mol. The van der Waals surface area contributed by atoms with Crippen molar-refractivity contribution >= 4 is 40.2 Å². The Morgan fingerprint density at radius 3 is 2.22 bits per heavy atom. The number of fused-ring (bicyclic) bond motifs is 1. The lowest BCUT2D eigenvalue weighted by atomic mass is 10.1. The zero-order valence-corrected chi connectivity index (χ0v) is 20.7. The highest BCUT2D eigenvalue weighted by Gasteiger charge is 2.36. The molecule has 1 saturated heterocycles. The third-order valence-corrected chi connectivity index (χ3v) is 6.83. The molecule has 0 aliphatic carbocycles. The summed E-state index contributed by atoms with van der Waals surface area (Å²) >= 11 is 6.19. The molecule has 3 N–H and O–H groups in total. The quantitative estimate of drug-likeness (QED) is 0.377. The third-order valence-electron chi connectivity index (χ3n) is 6.52. The van der Waals surface area contributed by atoms with Gasteiger partial charge in [-0.15, -0.1) is 0 Å². The highest BCUT2D eigenvalue weighted by Crippen LogP contribution is 2.24.